The molecule has 30 heavy (non-hydrogen) atoms. The van der Waals surface area contributed by atoms with Crippen molar-refractivity contribution in [2.45, 2.75) is 31.5 Å². The first-order valence-corrected chi connectivity index (χ1v) is 9.89. The van der Waals surface area contributed by atoms with Crippen molar-refractivity contribution in [2.75, 3.05) is 19.6 Å². The van der Waals surface area contributed by atoms with E-state index in [1.807, 2.05) is 18.2 Å². The summed E-state index contributed by atoms with van der Waals surface area (Å²) in [5, 5.41) is 5.41. The van der Waals surface area contributed by atoms with Gasteiger partial charge in [-0.3, -0.25) is 4.79 Å². The molecule has 3 amide bonds. The molecule has 1 aliphatic rings. The van der Waals surface area contributed by atoms with Crippen LogP contribution >= 0.6 is 0 Å². The van der Waals surface area contributed by atoms with E-state index < -0.39 is 23.8 Å². The fraction of sp³-hybridized carbons (Fsp3) is 0.364. The Kier molecular flexibility index (Phi) is 6.97. The number of hydrogen-bond donors (Lipinski definition) is 2. The standard InChI is InChI=1S/C22H24F3N3O2/c23-22(24,25)18-10-8-16(9-11-18)12-13-26-21(30)27-19(17-6-2-1-3-7-17)20(29)28-14-4-5-15-28/h1-3,6-11,19H,4-5,12-15H2,(H2,26,27,30). The molecular formula is C22H24F3N3O2. The van der Waals surface area contributed by atoms with Crippen molar-refractivity contribution in [3.05, 3.63) is 71.3 Å². The van der Waals surface area contributed by atoms with Crippen molar-refractivity contribution < 1.29 is 22.8 Å². The molecule has 0 saturated carbocycles. The maximum Gasteiger partial charge on any atom is 0.416 e. The molecule has 0 aromatic heterocycles. The summed E-state index contributed by atoms with van der Waals surface area (Å²) < 4.78 is 37.9. The molecule has 8 heteroatoms. The van der Waals surface area contributed by atoms with Gasteiger partial charge < -0.3 is 15.5 Å². The van der Waals surface area contributed by atoms with Crippen LogP contribution in [0.1, 0.15) is 35.6 Å². The summed E-state index contributed by atoms with van der Waals surface area (Å²) in [7, 11) is 0. The highest BCUT2D eigenvalue weighted by molar-refractivity contribution is 5.88. The molecule has 2 aromatic rings. The lowest BCUT2D eigenvalue weighted by Gasteiger charge is -2.24. The van der Waals surface area contributed by atoms with Crippen molar-refractivity contribution in [1.82, 2.24) is 15.5 Å². The lowest BCUT2D eigenvalue weighted by atomic mass is 10.1. The van der Waals surface area contributed by atoms with Crippen molar-refractivity contribution >= 4 is 11.9 Å². The highest BCUT2D eigenvalue weighted by atomic mass is 19.4. The van der Waals surface area contributed by atoms with E-state index in [0.29, 0.717) is 30.6 Å². The largest absolute Gasteiger partial charge is 0.416 e. The number of hydrogen-bond acceptors (Lipinski definition) is 2. The van der Waals surface area contributed by atoms with Gasteiger partial charge in [0.1, 0.15) is 6.04 Å². The van der Waals surface area contributed by atoms with Crippen LogP contribution in [0, 0.1) is 0 Å². The summed E-state index contributed by atoms with van der Waals surface area (Å²) in [5.41, 5.74) is 0.673. The van der Waals surface area contributed by atoms with E-state index >= 15 is 0 Å². The highest BCUT2D eigenvalue weighted by Crippen LogP contribution is 2.29. The molecule has 2 aromatic carbocycles. The first-order chi connectivity index (χ1) is 14.3. The Hall–Kier alpha value is -3.03. The van der Waals surface area contributed by atoms with Crippen LogP contribution in [0.15, 0.2) is 54.6 Å². The smallest absolute Gasteiger partial charge is 0.341 e. The molecule has 0 aliphatic carbocycles. The van der Waals surface area contributed by atoms with E-state index in [9.17, 15) is 22.8 Å². The van der Waals surface area contributed by atoms with Gasteiger partial charge in [0, 0.05) is 19.6 Å². The normalized spacial score (nSPS) is 15.0. The molecule has 0 bridgehead atoms. The molecule has 1 aliphatic heterocycles. The minimum atomic E-state index is -4.37. The van der Waals surface area contributed by atoms with Gasteiger partial charge in [0.15, 0.2) is 0 Å². The Morgan fingerprint density at radius 2 is 1.60 bits per heavy atom. The van der Waals surface area contributed by atoms with Gasteiger partial charge in [-0.15, -0.1) is 0 Å². The molecule has 3 rings (SSSR count). The molecule has 1 fully saturated rings. The van der Waals surface area contributed by atoms with Gasteiger partial charge in [-0.1, -0.05) is 42.5 Å². The van der Waals surface area contributed by atoms with Crippen LogP contribution in [0.3, 0.4) is 0 Å². The number of likely N-dealkylation sites (tertiary alicyclic amines) is 1. The number of urea groups is 1. The predicted octanol–water partition coefficient (Wildman–Crippen LogP) is 3.91. The van der Waals surface area contributed by atoms with Gasteiger partial charge in [-0.05, 0) is 42.5 Å². The van der Waals surface area contributed by atoms with Gasteiger partial charge in [0.05, 0.1) is 5.56 Å². The highest BCUT2D eigenvalue weighted by Gasteiger charge is 2.30. The van der Waals surface area contributed by atoms with Crippen LogP contribution in [0.5, 0.6) is 0 Å². The zero-order chi connectivity index (χ0) is 21.6. The van der Waals surface area contributed by atoms with Crippen molar-refractivity contribution in [3.8, 4) is 0 Å². The summed E-state index contributed by atoms with van der Waals surface area (Å²) >= 11 is 0. The molecule has 1 atom stereocenters. The first-order valence-electron chi connectivity index (χ1n) is 9.89. The van der Waals surface area contributed by atoms with Crippen LogP contribution in [0.2, 0.25) is 0 Å². The topological polar surface area (TPSA) is 61.4 Å². The molecule has 5 nitrogen and oxygen atoms in total. The monoisotopic (exact) mass is 419 g/mol. The van der Waals surface area contributed by atoms with Gasteiger partial charge in [0.2, 0.25) is 5.91 Å². The third kappa shape index (κ3) is 5.75. The van der Waals surface area contributed by atoms with Gasteiger partial charge >= 0.3 is 12.2 Å². The van der Waals surface area contributed by atoms with Crippen LogP contribution in [-0.4, -0.2) is 36.5 Å². The minimum absolute atomic E-state index is 0.142. The number of carbonyl (C=O) groups excluding carboxylic acids is 2. The summed E-state index contributed by atoms with van der Waals surface area (Å²) in [6.07, 6.45) is -2.09. The number of amides is 3. The number of nitrogens with one attached hydrogen (secondary N) is 2. The van der Waals surface area contributed by atoms with Crippen LogP contribution < -0.4 is 10.6 Å². The molecular weight excluding hydrogens is 395 g/mol. The number of rotatable bonds is 6. The van der Waals surface area contributed by atoms with Crippen molar-refractivity contribution in [1.29, 1.82) is 0 Å². The van der Waals surface area contributed by atoms with Crippen LogP contribution in [0.25, 0.3) is 0 Å². The summed E-state index contributed by atoms with van der Waals surface area (Å²) in [5.74, 6) is -0.142. The molecule has 0 spiro atoms. The predicted molar refractivity (Wildman–Crippen MR) is 107 cm³/mol. The number of benzene rings is 2. The second-order valence-electron chi connectivity index (χ2n) is 7.22. The number of halogens is 3. The SMILES string of the molecule is O=C(NCCc1ccc(C(F)(F)F)cc1)NC(C(=O)N1CCCC1)c1ccccc1. The van der Waals surface area contributed by atoms with E-state index in [4.69, 9.17) is 0 Å². The molecule has 1 unspecified atom stereocenters. The fourth-order valence-corrected chi connectivity index (χ4v) is 3.42. The Morgan fingerprint density at radius 3 is 2.20 bits per heavy atom. The molecule has 1 saturated heterocycles. The fourth-order valence-electron chi connectivity index (χ4n) is 3.42. The average Bonchev–Trinajstić information content (AvgIpc) is 3.27. The maximum atomic E-state index is 12.9. The Morgan fingerprint density at radius 1 is 0.967 bits per heavy atom. The average molecular weight is 419 g/mol. The number of carbonyl (C=O) groups is 2. The first kappa shape index (κ1) is 21.7. The molecule has 1 heterocycles. The van der Waals surface area contributed by atoms with E-state index in [2.05, 4.69) is 10.6 Å². The zero-order valence-corrected chi connectivity index (χ0v) is 16.4. The van der Waals surface area contributed by atoms with E-state index in [1.54, 1.807) is 17.0 Å². The molecule has 2 N–H and O–H groups in total. The third-order valence-corrected chi connectivity index (χ3v) is 5.05. The number of nitrogens with zero attached hydrogens (tertiary/aromatic N) is 1. The number of alkyl halides is 3. The Labute approximate surface area is 173 Å². The maximum absolute atomic E-state index is 12.9. The minimum Gasteiger partial charge on any atom is -0.341 e. The van der Waals surface area contributed by atoms with Crippen LogP contribution in [0.4, 0.5) is 18.0 Å². The lowest BCUT2D eigenvalue weighted by Crippen LogP contribution is -2.45. The second kappa shape index (κ2) is 9.65. The zero-order valence-electron chi connectivity index (χ0n) is 16.4. The Balaban J connectivity index is 1.56. The van der Waals surface area contributed by atoms with E-state index in [-0.39, 0.29) is 12.5 Å². The van der Waals surface area contributed by atoms with E-state index in [1.165, 1.54) is 12.1 Å². The molecule has 160 valence electrons. The van der Waals surface area contributed by atoms with Crippen molar-refractivity contribution in [2.24, 2.45) is 0 Å². The second-order valence-corrected chi connectivity index (χ2v) is 7.22. The van der Waals surface area contributed by atoms with Gasteiger partial charge in [-0.2, -0.15) is 13.2 Å². The van der Waals surface area contributed by atoms with Crippen LogP contribution in [-0.2, 0) is 17.4 Å². The quantitative estimate of drug-likeness (QED) is 0.746. The van der Waals surface area contributed by atoms with Gasteiger partial charge in [-0.25, -0.2) is 4.79 Å². The van der Waals surface area contributed by atoms with E-state index in [0.717, 1.165) is 25.0 Å². The summed E-state index contributed by atoms with van der Waals surface area (Å²) in [6.45, 7) is 1.59. The van der Waals surface area contributed by atoms with Crippen molar-refractivity contribution in [3.63, 3.8) is 0 Å². The van der Waals surface area contributed by atoms with Gasteiger partial charge in [0.25, 0.3) is 0 Å². The lowest BCUT2D eigenvalue weighted by molar-refractivity contribution is -0.137. The third-order valence-electron chi connectivity index (χ3n) is 5.05. The Bertz CT molecular complexity index is 848. The molecule has 0 radical (unpaired) electrons. The summed E-state index contributed by atoms with van der Waals surface area (Å²) in [4.78, 5) is 27.0. The summed E-state index contributed by atoms with van der Waals surface area (Å²) in [6, 6.07) is 12.6.